The van der Waals surface area contributed by atoms with E-state index in [9.17, 15) is 14.4 Å². The lowest BCUT2D eigenvalue weighted by Gasteiger charge is -2.04. The van der Waals surface area contributed by atoms with Crippen LogP contribution in [0.1, 0.15) is 20.9 Å². The van der Waals surface area contributed by atoms with Crippen LogP contribution in [0.2, 0.25) is 0 Å². The summed E-state index contributed by atoms with van der Waals surface area (Å²) in [6.45, 7) is 1.58. The summed E-state index contributed by atoms with van der Waals surface area (Å²) in [5.74, 6) is -1.24. The number of hydrogen-bond acceptors (Lipinski definition) is 5. The molecule has 1 N–H and O–H groups in total. The van der Waals surface area contributed by atoms with Gasteiger partial charge in [0.15, 0.2) is 0 Å². The Hall–Kier alpha value is -1.80. The van der Waals surface area contributed by atoms with Crippen molar-refractivity contribution in [2.75, 3.05) is 5.75 Å². The molecule has 0 aliphatic carbocycles. The predicted molar refractivity (Wildman–Crippen MR) is 80.2 cm³/mol. The number of hydrogen-bond donors (Lipinski definition) is 1. The second-order valence-electron chi connectivity index (χ2n) is 4.11. The molecule has 8 heteroatoms. The smallest absolute Gasteiger partial charge is 0.336 e. The number of thioether (sulfide) groups is 1. The van der Waals surface area contributed by atoms with Crippen molar-refractivity contribution in [3.05, 3.63) is 50.4 Å². The summed E-state index contributed by atoms with van der Waals surface area (Å²) in [7, 11) is 0. The van der Waals surface area contributed by atoms with Crippen molar-refractivity contribution in [1.82, 2.24) is 4.74 Å². The molecule has 0 fully saturated rings. The van der Waals surface area contributed by atoms with E-state index in [2.05, 4.69) is 15.9 Å². The Morgan fingerprint density at radius 1 is 1.38 bits per heavy atom. The number of carbonyl (C=O) groups is 2. The fourth-order valence-electron chi connectivity index (χ4n) is 1.58. The number of nitrogens with zero attached hydrogens (tertiary/aromatic N) is 1. The van der Waals surface area contributed by atoms with Crippen LogP contribution in [0.15, 0.2) is 43.0 Å². The number of carboxylic acids is 1. The summed E-state index contributed by atoms with van der Waals surface area (Å²) in [6.07, 6.45) is 0. The average molecular weight is 372 g/mol. The van der Waals surface area contributed by atoms with Crippen LogP contribution >= 0.6 is 27.7 Å². The average Bonchev–Trinajstić information content (AvgIpc) is 2.76. The van der Waals surface area contributed by atoms with E-state index in [1.807, 2.05) is 0 Å². The van der Waals surface area contributed by atoms with Crippen LogP contribution in [0.4, 0.5) is 0 Å². The maximum Gasteiger partial charge on any atom is 0.336 e. The number of halogens is 1. The second kappa shape index (κ2) is 6.31. The van der Waals surface area contributed by atoms with Gasteiger partial charge in [-0.05, 0) is 41.1 Å². The lowest BCUT2D eigenvalue weighted by Crippen LogP contribution is -2.23. The lowest BCUT2D eigenvalue weighted by molar-refractivity contribution is 0.0695. The summed E-state index contributed by atoms with van der Waals surface area (Å²) in [5.41, 5.74) is -0.404. The molecule has 2 rings (SSSR count). The van der Waals surface area contributed by atoms with Crippen LogP contribution in [-0.4, -0.2) is 27.5 Å². The summed E-state index contributed by atoms with van der Waals surface area (Å²) < 4.78 is 6.14. The zero-order valence-corrected chi connectivity index (χ0v) is 13.2. The van der Waals surface area contributed by atoms with Gasteiger partial charge in [0.05, 0.1) is 11.3 Å². The molecule has 1 aromatic carbocycles. The van der Waals surface area contributed by atoms with Crippen LogP contribution in [0.5, 0.6) is 0 Å². The first-order valence-corrected chi connectivity index (χ1v) is 7.55. The molecule has 0 amide bonds. The van der Waals surface area contributed by atoms with Gasteiger partial charge in [-0.3, -0.25) is 9.59 Å². The fraction of sp³-hybridized carbons (Fsp3) is 0.154. The van der Waals surface area contributed by atoms with Gasteiger partial charge in [-0.2, -0.15) is 0 Å². The molecule has 0 spiro atoms. The largest absolute Gasteiger partial charge is 0.478 e. The number of carboxylic acid groups (broad SMARTS) is 1. The van der Waals surface area contributed by atoms with Gasteiger partial charge in [0.25, 0.3) is 11.5 Å². The molecule has 0 aliphatic rings. The molecular formula is C13H10BrNO5S. The van der Waals surface area contributed by atoms with E-state index in [-0.39, 0.29) is 11.3 Å². The summed E-state index contributed by atoms with van der Waals surface area (Å²) in [5, 5.41) is 9.02. The van der Waals surface area contributed by atoms with E-state index >= 15 is 0 Å². The van der Waals surface area contributed by atoms with E-state index in [1.54, 1.807) is 19.1 Å². The molecule has 0 saturated heterocycles. The third-order valence-electron chi connectivity index (χ3n) is 2.52. The van der Waals surface area contributed by atoms with Crippen molar-refractivity contribution in [1.29, 1.82) is 0 Å². The second-order valence-corrected chi connectivity index (χ2v) is 6.01. The summed E-state index contributed by atoms with van der Waals surface area (Å²) >= 11 is 4.27. The van der Waals surface area contributed by atoms with E-state index in [4.69, 9.17) is 9.63 Å². The van der Waals surface area contributed by atoms with Gasteiger partial charge in [-0.25, -0.2) is 4.79 Å². The van der Waals surface area contributed by atoms with Crippen LogP contribution in [0.25, 0.3) is 0 Å². The summed E-state index contributed by atoms with van der Waals surface area (Å²) in [6, 6.07) is 5.97. The van der Waals surface area contributed by atoms with Crippen molar-refractivity contribution in [2.45, 2.75) is 11.8 Å². The fourth-order valence-corrected chi connectivity index (χ4v) is 2.77. The van der Waals surface area contributed by atoms with Crippen molar-refractivity contribution < 1.29 is 19.2 Å². The zero-order valence-electron chi connectivity index (χ0n) is 10.8. The van der Waals surface area contributed by atoms with Crippen LogP contribution < -0.4 is 5.56 Å². The molecule has 0 bridgehead atoms. The molecule has 6 nitrogen and oxygen atoms in total. The third kappa shape index (κ3) is 3.64. The van der Waals surface area contributed by atoms with Crippen LogP contribution in [-0.2, 0) is 0 Å². The van der Waals surface area contributed by atoms with Crippen molar-refractivity contribution in [3.63, 3.8) is 0 Å². The highest BCUT2D eigenvalue weighted by Gasteiger charge is 2.14. The molecule has 0 aliphatic heterocycles. The minimum Gasteiger partial charge on any atom is -0.478 e. The van der Waals surface area contributed by atoms with E-state index in [1.165, 1.54) is 12.1 Å². The molecule has 110 valence electrons. The van der Waals surface area contributed by atoms with Gasteiger partial charge in [-0.15, -0.1) is 16.5 Å². The first-order chi connectivity index (χ1) is 9.88. The molecule has 2 aromatic rings. The standard InChI is InChI=1S/C13H10BrNO5S/c1-7-4-11(16)15(20-7)12(17)6-21-8-2-3-10(14)9(5-8)13(18)19/h2-5H,6H2,1H3,(H,18,19). The van der Waals surface area contributed by atoms with E-state index < -0.39 is 17.4 Å². The monoisotopic (exact) mass is 371 g/mol. The Bertz CT molecular complexity index is 764. The van der Waals surface area contributed by atoms with Gasteiger partial charge in [0, 0.05) is 15.4 Å². The van der Waals surface area contributed by atoms with Crippen LogP contribution in [0.3, 0.4) is 0 Å². The van der Waals surface area contributed by atoms with Gasteiger partial charge < -0.3 is 9.63 Å². The summed E-state index contributed by atoms with van der Waals surface area (Å²) in [4.78, 5) is 34.9. The number of aromatic nitrogens is 1. The van der Waals surface area contributed by atoms with Crippen molar-refractivity contribution >= 4 is 39.6 Å². The van der Waals surface area contributed by atoms with Gasteiger partial charge >= 0.3 is 5.97 Å². The number of rotatable bonds is 4. The molecule has 0 atom stereocenters. The zero-order chi connectivity index (χ0) is 15.6. The third-order valence-corrected chi connectivity index (χ3v) is 4.19. The Morgan fingerprint density at radius 3 is 2.67 bits per heavy atom. The number of benzene rings is 1. The molecule has 0 saturated carbocycles. The number of aryl methyl sites for hydroxylation is 1. The highest BCUT2D eigenvalue weighted by atomic mass is 79.9. The van der Waals surface area contributed by atoms with E-state index in [0.717, 1.165) is 11.8 Å². The Balaban J connectivity index is 2.11. The molecule has 0 unspecified atom stereocenters. The van der Waals surface area contributed by atoms with Crippen molar-refractivity contribution in [3.8, 4) is 0 Å². The molecular weight excluding hydrogens is 362 g/mol. The van der Waals surface area contributed by atoms with Gasteiger partial charge in [0.1, 0.15) is 5.76 Å². The maximum atomic E-state index is 11.9. The van der Waals surface area contributed by atoms with Gasteiger partial charge in [-0.1, -0.05) is 0 Å². The van der Waals surface area contributed by atoms with E-state index in [0.29, 0.717) is 19.9 Å². The van der Waals surface area contributed by atoms with Gasteiger partial charge in [0.2, 0.25) is 0 Å². The molecule has 0 radical (unpaired) electrons. The topological polar surface area (TPSA) is 89.5 Å². The normalized spacial score (nSPS) is 10.6. The Labute approximate surface area is 131 Å². The molecule has 21 heavy (non-hydrogen) atoms. The minimum atomic E-state index is -1.06. The van der Waals surface area contributed by atoms with Crippen LogP contribution in [0, 0.1) is 6.92 Å². The first kappa shape index (κ1) is 15.6. The lowest BCUT2D eigenvalue weighted by atomic mass is 10.2. The highest BCUT2D eigenvalue weighted by molar-refractivity contribution is 9.10. The number of carbonyl (C=O) groups excluding carboxylic acids is 1. The number of aromatic carboxylic acids is 1. The molecule has 1 aromatic heterocycles. The predicted octanol–water partition coefficient (Wildman–Crippen LogP) is 2.64. The molecule has 1 heterocycles. The minimum absolute atomic E-state index is 0.0342. The van der Waals surface area contributed by atoms with Crippen molar-refractivity contribution in [2.24, 2.45) is 0 Å². The maximum absolute atomic E-state index is 11.9. The first-order valence-electron chi connectivity index (χ1n) is 5.77. The quantitative estimate of drug-likeness (QED) is 0.830. The Kier molecular flexibility index (Phi) is 4.69. The SMILES string of the molecule is Cc1cc(=O)n(C(=O)CSc2ccc(Br)c(C(=O)O)c2)o1. The highest BCUT2D eigenvalue weighted by Crippen LogP contribution is 2.25. The Morgan fingerprint density at radius 2 is 2.10 bits per heavy atom.